The molecule has 0 aliphatic rings. The Balaban J connectivity index is 2.07. The molecule has 0 bridgehead atoms. The van der Waals surface area contributed by atoms with E-state index in [0.717, 1.165) is 26.5 Å². The van der Waals surface area contributed by atoms with Gasteiger partial charge in [-0.15, -0.1) is 0 Å². The molecule has 0 spiro atoms. The van der Waals surface area contributed by atoms with Gasteiger partial charge in [0.05, 0.1) is 11.6 Å². The van der Waals surface area contributed by atoms with Crippen molar-refractivity contribution in [2.75, 3.05) is 0 Å². The highest BCUT2D eigenvalue weighted by Gasteiger charge is 2.13. The van der Waals surface area contributed by atoms with Crippen LogP contribution in [0.5, 0.6) is 0 Å². The van der Waals surface area contributed by atoms with Crippen molar-refractivity contribution < 1.29 is 0 Å². The number of pyridine rings is 2. The van der Waals surface area contributed by atoms with Crippen LogP contribution >= 0.6 is 15.9 Å². The van der Waals surface area contributed by atoms with E-state index in [9.17, 15) is 0 Å². The van der Waals surface area contributed by atoms with Crippen LogP contribution in [-0.4, -0.2) is 9.97 Å². The molecule has 3 aromatic rings. The fourth-order valence-electron chi connectivity index (χ4n) is 2.23. The molecule has 3 rings (SSSR count). The molecule has 1 unspecified atom stereocenters. The first-order valence-electron chi connectivity index (χ1n) is 6.19. The molecule has 0 radical (unpaired) electrons. The minimum Gasteiger partial charge on any atom is -0.271 e. The zero-order valence-electron chi connectivity index (χ0n) is 10.6. The molecule has 100 valence electrons. The van der Waals surface area contributed by atoms with Gasteiger partial charge in [-0.25, -0.2) is 5.43 Å². The van der Waals surface area contributed by atoms with E-state index in [1.807, 2.05) is 30.3 Å². The second kappa shape index (κ2) is 5.66. The maximum atomic E-state index is 5.72. The molecular formula is C15H13BrN4. The highest BCUT2D eigenvalue weighted by atomic mass is 79.9. The van der Waals surface area contributed by atoms with Crippen LogP contribution in [0.3, 0.4) is 0 Å². The molecular weight excluding hydrogens is 316 g/mol. The van der Waals surface area contributed by atoms with Crippen LogP contribution in [0, 0.1) is 0 Å². The molecule has 0 saturated heterocycles. The molecule has 2 heterocycles. The first kappa shape index (κ1) is 13.2. The van der Waals surface area contributed by atoms with Crippen molar-refractivity contribution >= 4 is 26.8 Å². The van der Waals surface area contributed by atoms with Gasteiger partial charge in [0.25, 0.3) is 0 Å². The molecule has 1 atom stereocenters. The fourth-order valence-corrected chi connectivity index (χ4v) is 2.62. The third-order valence-corrected chi connectivity index (χ3v) is 3.62. The number of hydrogen-bond donors (Lipinski definition) is 2. The smallest absolute Gasteiger partial charge is 0.0726 e. The minimum absolute atomic E-state index is 0.119. The summed E-state index contributed by atoms with van der Waals surface area (Å²) in [4.78, 5) is 8.56. The van der Waals surface area contributed by atoms with Crippen molar-refractivity contribution in [3.63, 3.8) is 0 Å². The molecule has 2 aromatic heterocycles. The van der Waals surface area contributed by atoms with Crippen molar-refractivity contribution in [2.24, 2.45) is 5.84 Å². The minimum atomic E-state index is -0.119. The fraction of sp³-hybridized carbons (Fsp3) is 0.0667. The van der Waals surface area contributed by atoms with Gasteiger partial charge in [-0.3, -0.25) is 15.8 Å². The van der Waals surface area contributed by atoms with Crippen LogP contribution in [0.15, 0.2) is 59.5 Å². The summed E-state index contributed by atoms with van der Waals surface area (Å²) in [5.41, 5.74) is 5.84. The van der Waals surface area contributed by atoms with Crippen molar-refractivity contribution in [1.82, 2.24) is 15.4 Å². The van der Waals surface area contributed by atoms with Crippen molar-refractivity contribution in [3.8, 4) is 0 Å². The topological polar surface area (TPSA) is 63.8 Å². The van der Waals surface area contributed by atoms with Gasteiger partial charge in [-0.2, -0.15) is 0 Å². The molecule has 5 heteroatoms. The van der Waals surface area contributed by atoms with E-state index in [4.69, 9.17) is 5.84 Å². The quantitative estimate of drug-likeness (QED) is 0.573. The van der Waals surface area contributed by atoms with E-state index in [1.54, 1.807) is 18.6 Å². The van der Waals surface area contributed by atoms with E-state index in [0.29, 0.717) is 0 Å². The number of aromatic nitrogens is 2. The largest absolute Gasteiger partial charge is 0.271 e. The lowest BCUT2D eigenvalue weighted by Crippen LogP contribution is -2.28. The number of benzene rings is 1. The number of nitrogens with two attached hydrogens (primary N) is 1. The molecule has 0 amide bonds. The summed E-state index contributed by atoms with van der Waals surface area (Å²) in [5.74, 6) is 5.72. The van der Waals surface area contributed by atoms with Gasteiger partial charge in [0.1, 0.15) is 0 Å². The molecule has 20 heavy (non-hydrogen) atoms. The Labute approximate surface area is 125 Å². The SMILES string of the molecule is NNC(c1cncc(Br)c1)c1ccc2cccnc2c1. The van der Waals surface area contributed by atoms with Crippen LogP contribution in [0.2, 0.25) is 0 Å². The summed E-state index contributed by atoms with van der Waals surface area (Å²) in [5, 5.41) is 1.11. The van der Waals surface area contributed by atoms with Crippen LogP contribution in [0.1, 0.15) is 17.2 Å². The van der Waals surface area contributed by atoms with E-state index in [-0.39, 0.29) is 6.04 Å². The summed E-state index contributed by atoms with van der Waals surface area (Å²) >= 11 is 3.43. The Bertz CT molecular complexity index is 745. The van der Waals surface area contributed by atoms with Gasteiger partial charge >= 0.3 is 0 Å². The van der Waals surface area contributed by atoms with Crippen molar-refractivity contribution in [2.45, 2.75) is 6.04 Å². The lowest BCUT2D eigenvalue weighted by Gasteiger charge is -2.17. The van der Waals surface area contributed by atoms with Gasteiger partial charge in [-0.05, 0) is 45.3 Å². The third kappa shape index (κ3) is 2.56. The van der Waals surface area contributed by atoms with Crippen LogP contribution in [-0.2, 0) is 0 Å². The average Bonchev–Trinajstić information content (AvgIpc) is 2.48. The maximum Gasteiger partial charge on any atom is 0.0726 e. The Hall–Kier alpha value is -1.82. The van der Waals surface area contributed by atoms with Crippen molar-refractivity contribution in [3.05, 3.63) is 70.6 Å². The molecule has 4 nitrogen and oxygen atoms in total. The summed E-state index contributed by atoms with van der Waals surface area (Å²) < 4.78 is 0.925. The van der Waals surface area contributed by atoms with Gasteiger partial charge in [0.15, 0.2) is 0 Å². The van der Waals surface area contributed by atoms with Gasteiger partial charge < -0.3 is 0 Å². The highest BCUT2D eigenvalue weighted by molar-refractivity contribution is 9.10. The monoisotopic (exact) mass is 328 g/mol. The Morgan fingerprint density at radius 3 is 2.80 bits per heavy atom. The molecule has 1 aromatic carbocycles. The highest BCUT2D eigenvalue weighted by Crippen LogP contribution is 2.25. The van der Waals surface area contributed by atoms with Crippen LogP contribution < -0.4 is 11.3 Å². The molecule has 3 N–H and O–H groups in total. The van der Waals surface area contributed by atoms with Crippen LogP contribution in [0.25, 0.3) is 10.9 Å². The first-order valence-corrected chi connectivity index (χ1v) is 6.98. The number of hydrazine groups is 1. The van der Waals surface area contributed by atoms with E-state index >= 15 is 0 Å². The molecule has 0 saturated carbocycles. The Morgan fingerprint density at radius 1 is 1.10 bits per heavy atom. The Morgan fingerprint density at radius 2 is 2.00 bits per heavy atom. The van der Waals surface area contributed by atoms with Gasteiger partial charge in [-0.1, -0.05) is 18.2 Å². The predicted molar refractivity (Wildman–Crippen MR) is 82.8 cm³/mol. The van der Waals surface area contributed by atoms with Crippen LogP contribution in [0.4, 0.5) is 0 Å². The Kier molecular flexibility index (Phi) is 3.73. The number of nitrogens with one attached hydrogen (secondary N) is 1. The summed E-state index contributed by atoms with van der Waals surface area (Å²) in [6.45, 7) is 0. The number of nitrogens with zero attached hydrogens (tertiary/aromatic N) is 2. The van der Waals surface area contributed by atoms with Crippen molar-refractivity contribution in [1.29, 1.82) is 0 Å². The zero-order valence-corrected chi connectivity index (χ0v) is 12.2. The third-order valence-electron chi connectivity index (χ3n) is 3.19. The first-order chi connectivity index (χ1) is 9.78. The molecule has 0 fully saturated rings. The van der Waals surface area contributed by atoms with Gasteiger partial charge in [0.2, 0.25) is 0 Å². The summed E-state index contributed by atoms with van der Waals surface area (Å²) in [7, 11) is 0. The van der Waals surface area contributed by atoms with E-state index < -0.39 is 0 Å². The number of fused-ring (bicyclic) bond motifs is 1. The lowest BCUT2D eigenvalue weighted by molar-refractivity contribution is 0.635. The summed E-state index contributed by atoms with van der Waals surface area (Å²) in [6.07, 6.45) is 5.34. The zero-order chi connectivity index (χ0) is 13.9. The average molecular weight is 329 g/mol. The number of halogens is 1. The molecule has 0 aliphatic carbocycles. The summed E-state index contributed by atoms with van der Waals surface area (Å²) in [6, 6.07) is 12.0. The van der Waals surface area contributed by atoms with Gasteiger partial charge in [0, 0.05) is 28.4 Å². The normalized spacial score (nSPS) is 12.5. The second-order valence-electron chi connectivity index (χ2n) is 4.49. The maximum absolute atomic E-state index is 5.72. The number of hydrogen-bond acceptors (Lipinski definition) is 4. The lowest BCUT2D eigenvalue weighted by atomic mass is 9.99. The standard InChI is InChI=1S/C15H13BrN4/c16-13-6-12(8-18-9-13)15(20-17)11-4-3-10-2-1-5-19-14(10)7-11/h1-9,15,20H,17H2. The van der Waals surface area contributed by atoms with E-state index in [2.05, 4.69) is 37.4 Å². The van der Waals surface area contributed by atoms with E-state index in [1.165, 1.54) is 0 Å². The predicted octanol–water partition coefficient (Wildman–Crippen LogP) is 2.95. The molecule has 0 aliphatic heterocycles. The second-order valence-corrected chi connectivity index (χ2v) is 5.41. The number of rotatable bonds is 3.